The number of carbonyl (C=O) groups is 1. The normalized spacial score (nSPS) is 10.2. The van der Waals surface area contributed by atoms with Gasteiger partial charge >= 0.3 is 0 Å². The van der Waals surface area contributed by atoms with E-state index in [0.29, 0.717) is 5.56 Å². The SMILES string of the molecule is O=Cc1cnc(-c2ccncc2)c(-c2ccncc2)c1. The fourth-order valence-electron chi connectivity index (χ4n) is 2.04. The third-order valence-electron chi connectivity index (χ3n) is 2.99. The van der Waals surface area contributed by atoms with Gasteiger partial charge in [-0.05, 0) is 35.9 Å². The second-order valence-corrected chi connectivity index (χ2v) is 4.25. The molecule has 0 atom stereocenters. The molecule has 4 nitrogen and oxygen atoms in total. The summed E-state index contributed by atoms with van der Waals surface area (Å²) in [5.41, 5.74) is 4.22. The van der Waals surface area contributed by atoms with Gasteiger partial charge in [0.2, 0.25) is 0 Å². The summed E-state index contributed by atoms with van der Waals surface area (Å²) < 4.78 is 0. The zero-order chi connectivity index (χ0) is 13.8. The van der Waals surface area contributed by atoms with E-state index in [1.165, 1.54) is 0 Å². The molecule has 3 rings (SSSR count). The highest BCUT2D eigenvalue weighted by Gasteiger charge is 2.10. The molecule has 0 bridgehead atoms. The Morgan fingerprint density at radius 2 is 1.45 bits per heavy atom. The van der Waals surface area contributed by atoms with Gasteiger partial charge < -0.3 is 0 Å². The van der Waals surface area contributed by atoms with E-state index in [4.69, 9.17) is 0 Å². The molecule has 3 aromatic rings. The summed E-state index contributed by atoms with van der Waals surface area (Å²) in [5, 5.41) is 0. The molecular weight excluding hydrogens is 250 g/mol. The van der Waals surface area contributed by atoms with Crippen LogP contribution in [0.15, 0.2) is 61.3 Å². The number of nitrogens with zero attached hydrogens (tertiary/aromatic N) is 3. The zero-order valence-electron chi connectivity index (χ0n) is 10.6. The summed E-state index contributed by atoms with van der Waals surface area (Å²) in [7, 11) is 0. The van der Waals surface area contributed by atoms with Gasteiger partial charge in [0.1, 0.15) is 0 Å². The molecule has 0 saturated heterocycles. The van der Waals surface area contributed by atoms with Crippen molar-refractivity contribution in [3.8, 4) is 22.4 Å². The lowest BCUT2D eigenvalue weighted by Crippen LogP contribution is -1.93. The van der Waals surface area contributed by atoms with Gasteiger partial charge in [0.05, 0.1) is 5.69 Å². The Morgan fingerprint density at radius 1 is 0.850 bits per heavy atom. The van der Waals surface area contributed by atoms with E-state index in [9.17, 15) is 4.79 Å². The van der Waals surface area contributed by atoms with Crippen LogP contribution in [-0.4, -0.2) is 21.2 Å². The predicted octanol–water partition coefficient (Wildman–Crippen LogP) is 3.02. The van der Waals surface area contributed by atoms with E-state index in [1.807, 2.05) is 30.3 Å². The van der Waals surface area contributed by atoms with Crippen molar-refractivity contribution in [2.24, 2.45) is 0 Å². The summed E-state index contributed by atoms with van der Waals surface area (Å²) in [6.45, 7) is 0. The summed E-state index contributed by atoms with van der Waals surface area (Å²) in [5.74, 6) is 0. The number of rotatable bonds is 3. The van der Waals surface area contributed by atoms with Crippen LogP contribution in [0.3, 0.4) is 0 Å². The molecule has 0 radical (unpaired) electrons. The summed E-state index contributed by atoms with van der Waals surface area (Å²) in [6.07, 6.45) is 9.27. The van der Waals surface area contributed by atoms with Gasteiger partial charge in [-0.2, -0.15) is 0 Å². The zero-order valence-corrected chi connectivity index (χ0v) is 10.6. The molecule has 96 valence electrons. The average molecular weight is 261 g/mol. The fraction of sp³-hybridized carbons (Fsp3) is 0. The highest BCUT2D eigenvalue weighted by molar-refractivity contribution is 5.85. The minimum absolute atomic E-state index is 0.551. The average Bonchev–Trinajstić information content (AvgIpc) is 2.56. The first-order valence-electron chi connectivity index (χ1n) is 6.14. The molecule has 0 spiro atoms. The molecular formula is C16H11N3O. The van der Waals surface area contributed by atoms with Gasteiger partial charge in [0, 0.05) is 47.7 Å². The second kappa shape index (κ2) is 5.40. The lowest BCUT2D eigenvalue weighted by atomic mass is 9.99. The van der Waals surface area contributed by atoms with Crippen LogP contribution in [0.2, 0.25) is 0 Å². The minimum Gasteiger partial charge on any atom is -0.298 e. The Morgan fingerprint density at radius 3 is 2.05 bits per heavy atom. The highest BCUT2D eigenvalue weighted by atomic mass is 16.1. The molecule has 0 amide bonds. The number of carbonyl (C=O) groups excluding carboxylic acids is 1. The summed E-state index contributed by atoms with van der Waals surface area (Å²) >= 11 is 0. The van der Waals surface area contributed by atoms with Gasteiger partial charge in [-0.1, -0.05) is 0 Å². The Labute approximate surface area is 116 Å². The Balaban J connectivity index is 2.23. The molecule has 20 heavy (non-hydrogen) atoms. The summed E-state index contributed by atoms with van der Waals surface area (Å²) in [4.78, 5) is 23.4. The molecule has 0 aliphatic rings. The first-order chi connectivity index (χ1) is 9.88. The molecule has 0 N–H and O–H groups in total. The number of hydrogen-bond donors (Lipinski definition) is 0. The van der Waals surface area contributed by atoms with Crippen LogP contribution in [0.4, 0.5) is 0 Å². The maximum Gasteiger partial charge on any atom is 0.151 e. The lowest BCUT2D eigenvalue weighted by molar-refractivity contribution is 0.112. The van der Waals surface area contributed by atoms with E-state index in [0.717, 1.165) is 28.7 Å². The van der Waals surface area contributed by atoms with Crippen molar-refractivity contribution >= 4 is 6.29 Å². The Bertz CT molecular complexity index is 727. The summed E-state index contributed by atoms with van der Waals surface area (Å²) in [6, 6.07) is 9.43. The van der Waals surface area contributed by atoms with E-state index in [1.54, 1.807) is 31.0 Å². The molecule has 0 aliphatic carbocycles. The van der Waals surface area contributed by atoms with E-state index >= 15 is 0 Å². The van der Waals surface area contributed by atoms with Crippen LogP contribution in [0.25, 0.3) is 22.4 Å². The van der Waals surface area contributed by atoms with Crippen LogP contribution in [0, 0.1) is 0 Å². The first-order valence-corrected chi connectivity index (χ1v) is 6.14. The van der Waals surface area contributed by atoms with Crippen molar-refractivity contribution in [2.75, 3.05) is 0 Å². The quantitative estimate of drug-likeness (QED) is 0.680. The van der Waals surface area contributed by atoms with Gasteiger partial charge in [-0.3, -0.25) is 19.7 Å². The molecule has 0 fully saturated rings. The van der Waals surface area contributed by atoms with Crippen molar-refractivity contribution in [2.45, 2.75) is 0 Å². The van der Waals surface area contributed by atoms with Crippen LogP contribution < -0.4 is 0 Å². The van der Waals surface area contributed by atoms with E-state index in [2.05, 4.69) is 15.0 Å². The predicted molar refractivity (Wildman–Crippen MR) is 76.1 cm³/mol. The third kappa shape index (κ3) is 2.31. The number of pyridine rings is 3. The lowest BCUT2D eigenvalue weighted by Gasteiger charge is -2.09. The fourth-order valence-corrected chi connectivity index (χ4v) is 2.04. The topological polar surface area (TPSA) is 55.7 Å². The van der Waals surface area contributed by atoms with Gasteiger partial charge in [-0.25, -0.2) is 0 Å². The molecule has 0 unspecified atom stereocenters. The highest BCUT2D eigenvalue weighted by Crippen LogP contribution is 2.30. The van der Waals surface area contributed by atoms with Crippen molar-refractivity contribution in [1.82, 2.24) is 15.0 Å². The van der Waals surface area contributed by atoms with E-state index < -0.39 is 0 Å². The molecule has 3 aromatic heterocycles. The minimum atomic E-state index is 0.551. The molecule has 0 aliphatic heterocycles. The van der Waals surface area contributed by atoms with Crippen LogP contribution >= 0.6 is 0 Å². The molecule has 0 aromatic carbocycles. The Kier molecular flexibility index (Phi) is 3.29. The maximum absolute atomic E-state index is 11.0. The molecule has 3 heterocycles. The van der Waals surface area contributed by atoms with Crippen molar-refractivity contribution in [1.29, 1.82) is 0 Å². The van der Waals surface area contributed by atoms with Crippen LogP contribution in [-0.2, 0) is 0 Å². The van der Waals surface area contributed by atoms with Crippen molar-refractivity contribution in [3.05, 3.63) is 66.9 Å². The largest absolute Gasteiger partial charge is 0.298 e. The maximum atomic E-state index is 11.0. The number of hydrogen-bond acceptors (Lipinski definition) is 4. The third-order valence-corrected chi connectivity index (χ3v) is 2.99. The van der Waals surface area contributed by atoms with Crippen molar-refractivity contribution < 1.29 is 4.79 Å². The smallest absolute Gasteiger partial charge is 0.151 e. The molecule has 0 saturated carbocycles. The first kappa shape index (κ1) is 12.2. The van der Waals surface area contributed by atoms with Gasteiger partial charge in [-0.15, -0.1) is 0 Å². The second-order valence-electron chi connectivity index (χ2n) is 4.25. The molecule has 4 heteroatoms. The van der Waals surface area contributed by atoms with Gasteiger partial charge in [0.25, 0.3) is 0 Å². The Hall–Kier alpha value is -2.88. The van der Waals surface area contributed by atoms with E-state index in [-0.39, 0.29) is 0 Å². The van der Waals surface area contributed by atoms with Crippen LogP contribution in [0.5, 0.6) is 0 Å². The number of aromatic nitrogens is 3. The van der Waals surface area contributed by atoms with Crippen molar-refractivity contribution in [3.63, 3.8) is 0 Å². The monoisotopic (exact) mass is 261 g/mol. The number of aldehydes is 1. The standard InChI is InChI=1S/C16H11N3O/c20-11-12-9-15(13-1-5-17-6-2-13)16(19-10-12)14-3-7-18-8-4-14/h1-11H. The van der Waals surface area contributed by atoms with Gasteiger partial charge in [0.15, 0.2) is 6.29 Å². The van der Waals surface area contributed by atoms with Crippen LogP contribution in [0.1, 0.15) is 10.4 Å².